The molecular weight excluding hydrogens is 388 g/mol. The fraction of sp³-hybridized carbons (Fsp3) is 1.00. The maximum atomic E-state index is 11.6. The fourth-order valence-corrected chi connectivity index (χ4v) is 9.37. The van der Waals surface area contributed by atoms with Gasteiger partial charge >= 0.3 is 0 Å². The molecule has 12 atom stereocenters. The first-order valence-electron chi connectivity index (χ1n) is 13.2. The largest absolute Gasteiger partial charge is 0.393 e. The van der Waals surface area contributed by atoms with Gasteiger partial charge in [-0.15, -0.1) is 0 Å². The predicted molar refractivity (Wildman–Crippen MR) is 123 cm³/mol. The highest BCUT2D eigenvalue weighted by molar-refractivity contribution is 5.14. The van der Waals surface area contributed by atoms with Crippen molar-refractivity contribution in [2.75, 3.05) is 0 Å². The van der Waals surface area contributed by atoms with Crippen LogP contribution >= 0.6 is 0 Å². The number of hydrogen-bond donors (Lipinski definition) is 4. The van der Waals surface area contributed by atoms with E-state index >= 15 is 0 Å². The Kier molecular flexibility index (Phi) is 6.62. The second kappa shape index (κ2) is 8.56. The summed E-state index contributed by atoms with van der Waals surface area (Å²) in [7, 11) is 0. The molecule has 0 aliphatic heterocycles. The molecule has 0 saturated heterocycles. The summed E-state index contributed by atoms with van der Waals surface area (Å²) in [4.78, 5) is 0. The molecule has 0 unspecified atom stereocenters. The topological polar surface area (TPSA) is 80.9 Å². The number of aliphatic hydroxyl groups excluding tert-OH is 4. The lowest BCUT2D eigenvalue weighted by molar-refractivity contribution is -0.207. The quantitative estimate of drug-likeness (QED) is 0.515. The average Bonchev–Trinajstić information content (AvgIpc) is 3.02. The van der Waals surface area contributed by atoms with Gasteiger partial charge in [0.05, 0.1) is 24.4 Å². The van der Waals surface area contributed by atoms with Crippen molar-refractivity contribution in [1.29, 1.82) is 0 Å². The number of hydrogen-bond acceptors (Lipinski definition) is 4. The van der Waals surface area contributed by atoms with Gasteiger partial charge in [0.25, 0.3) is 0 Å². The van der Waals surface area contributed by atoms with Crippen molar-refractivity contribution in [3.8, 4) is 0 Å². The molecule has 0 amide bonds. The van der Waals surface area contributed by atoms with Crippen LogP contribution in [0.2, 0.25) is 0 Å². The third-order valence-corrected chi connectivity index (χ3v) is 10.9. The molecule has 0 heterocycles. The van der Waals surface area contributed by atoms with Gasteiger partial charge in [0.15, 0.2) is 0 Å². The van der Waals surface area contributed by atoms with E-state index in [-0.39, 0.29) is 41.2 Å². The predicted octanol–water partition coefficient (Wildman–Crippen LogP) is 4.38. The molecule has 180 valence electrons. The lowest BCUT2D eigenvalue weighted by atomic mass is 9.43. The van der Waals surface area contributed by atoms with Gasteiger partial charge in [-0.2, -0.15) is 0 Å². The second-order valence-electron chi connectivity index (χ2n) is 13.0. The standard InChI is InChI=1S/C27H48O4/c1-15(2)10-19(29)11-16(3)20-6-7-21-25-22(14-24(31)27(20,21)5)26(4)9-8-18(28)12-17(26)13-23(25)30/h15-25,28-31H,6-14H2,1-5H3/t16-,17+,18-,19+,20-,21+,22+,23-,24+,25+,26+,27-/m1/s1. The molecule has 0 spiro atoms. The van der Waals surface area contributed by atoms with Crippen LogP contribution in [0.25, 0.3) is 0 Å². The highest BCUT2D eigenvalue weighted by Crippen LogP contribution is 2.68. The Labute approximate surface area is 189 Å². The van der Waals surface area contributed by atoms with Crippen molar-refractivity contribution in [3.05, 3.63) is 0 Å². The van der Waals surface area contributed by atoms with Crippen molar-refractivity contribution in [2.24, 2.45) is 52.3 Å². The molecule has 4 aliphatic carbocycles. The van der Waals surface area contributed by atoms with Crippen LogP contribution in [0.5, 0.6) is 0 Å². The summed E-state index contributed by atoms with van der Waals surface area (Å²) < 4.78 is 0. The molecule has 4 rings (SSSR count). The van der Waals surface area contributed by atoms with E-state index in [2.05, 4.69) is 34.6 Å². The summed E-state index contributed by atoms with van der Waals surface area (Å²) in [5, 5.41) is 43.8. The summed E-state index contributed by atoms with van der Waals surface area (Å²) in [5.74, 6) is 2.62. The Morgan fingerprint density at radius 2 is 1.58 bits per heavy atom. The van der Waals surface area contributed by atoms with Crippen molar-refractivity contribution in [3.63, 3.8) is 0 Å². The van der Waals surface area contributed by atoms with E-state index < -0.39 is 0 Å². The molecular formula is C27H48O4. The lowest BCUT2D eigenvalue weighted by Crippen LogP contribution is -2.62. The van der Waals surface area contributed by atoms with Gasteiger partial charge in [-0.05, 0) is 110 Å². The van der Waals surface area contributed by atoms with E-state index in [4.69, 9.17) is 0 Å². The van der Waals surface area contributed by atoms with Gasteiger partial charge < -0.3 is 20.4 Å². The van der Waals surface area contributed by atoms with Crippen LogP contribution in [-0.4, -0.2) is 44.8 Å². The van der Waals surface area contributed by atoms with Crippen LogP contribution in [0.4, 0.5) is 0 Å². The number of fused-ring (bicyclic) bond motifs is 5. The molecule has 4 nitrogen and oxygen atoms in total. The SMILES string of the molecule is CC(C)C[C@H](O)C[C@@H](C)[C@H]1CC[C@H]2[C@@H]3[C@H](O)C[C@@H]4C[C@H](O)CC[C@]4(C)[C@H]3C[C@H](O)[C@]12C. The maximum absolute atomic E-state index is 11.6. The molecule has 4 N–H and O–H groups in total. The summed E-state index contributed by atoms with van der Waals surface area (Å²) >= 11 is 0. The van der Waals surface area contributed by atoms with Crippen LogP contribution in [-0.2, 0) is 0 Å². The molecule has 31 heavy (non-hydrogen) atoms. The lowest BCUT2D eigenvalue weighted by Gasteiger charge is -2.63. The van der Waals surface area contributed by atoms with E-state index in [0.717, 1.165) is 57.8 Å². The van der Waals surface area contributed by atoms with Gasteiger partial charge in [0, 0.05) is 0 Å². The van der Waals surface area contributed by atoms with Crippen LogP contribution in [0.1, 0.15) is 92.4 Å². The molecule has 0 bridgehead atoms. The van der Waals surface area contributed by atoms with Crippen LogP contribution in [0.3, 0.4) is 0 Å². The van der Waals surface area contributed by atoms with E-state index in [1.807, 2.05) is 0 Å². The van der Waals surface area contributed by atoms with Gasteiger partial charge in [-0.1, -0.05) is 34.6 Å². The molecule has 0 aromatic rings. The highest BCUT2D eigenvalue weighted by atomic mass is 16.3. The highest BCUT2D eigenvalue weighted by Gasteiger charge is 2.65. The monoisotopic (exact) mass is 436 g/mol. The third-order valence-electron chi connectivity index (χ3n) is 10.9. The van der Waals surface area contributed by atoms with Crippen molar-refractivity contribution < 1.29 is 20.4 Å². The molecule has 4 fully saturated rings. The number of aliphatic hydroxyl groups is 4. The second-order valence-corrected chi connectivity index (χ2v) is 13.0. The van der Waals surface area contributed by atoms with Gasteiger partial charge in [0.1, 0.15) is 0 Å². The Hall–Kier alpha value is -0.160. The van der Waals surface area contributed by atoms with E-state index in [1.165, 1.54) is 0 Å². The Morgan fingerprint density at radius 1 is 0.871 bits per heavy atom. The van der Waals surface area contributed by atoms with Gasteiger partial charge in [-0.25, -0.2) is 0 Å². The van der Waals surface area contributed by atoms with E-state index in [0.29, 0.717) is 35.5 Å². The Bertz CT molecular complexity index is 637. The molecule has 0 radical (unpaired) electrons. The van der Waals surface area contributed by atoms with Crippen LogP contribution < -0.4 is 0 Å². The Balaban J connectivity index is 1.56. The summed E-state index contributed by atoms with van der Waals surface area (Å²) in [5.41, 5.74) is -0.0426. The summed E-state index contributed by atoms with van der Waals surface area (Å²) in [6.07, 6.45) is 6.98. The summed E-state index contributed by atoms with van der Waals surface area (Å²) in [6.45, 7) is 11.3. The fourth-order valence-electron chi connectivity index (χ4n) is 9.37. The van der Waals surface area contributed by atoms with Crippen molar-refractivity contribution in [2.45, 2.75) is 117 Å². The normalized spacial score (nSPS) is 51.7. The first-order valence-corrected chi connectivity index (χ1v) is 13.2. The minimum absolute atomic E-state index is 0.128. The smallest absolute Gasteiger partial charge is 0.0602 e. The minimum Gasteiger partial charge on any atom is -0.393 e. The zero-order chi connectivity index (χ0) is 22.7. The van der Waals surface area contributed by atoms with Gasteiger partial charge in [0.2, 0.25) is 0 Å². The van der Waals surface area contributed by atoms with E-state index in [1.54, 1.807) is 0 Å². The molecule has 4 saturated carbocycles. The van der Waals surface area contributed by atoms with Gasteiger partial charge in [-0.3, -0.25) is 0 Å². The molecule has 0 aromatic carbocycles. The first kappa shape index (κ1) is 24.0. The zero-order valence-corrected chi connectivity index (χ0v) is 20.5. The number of rotatable bonds is 5. The van der Waals surface area contributed by atoms with Crippen molar-refractivity contribution >= 4 is 0 Å². The van der Waals surface area contributed by atoms with Crippen LogP contribution in [0.15, 0.2) is 0 Å². The van der Waals surface area contributed by atoms with Crippen LogP contribution in [0, 0.1) is 52.3 Å². The molecule has 0 aromatic heterocycles. The first-order chi connectivity index (χ1) is 14.5. The zero-order valence-electron chi connectivity index (χ0n) is 20.5. The minimum atomic E-state index is -0.342. The average molecular weight is 437 g/mol. The van der Waals surface area contributed by atoms with E-state index in [9.17, 15) is 20.4 Å². The van der Waals surface area contributed by atoms with Crippen molar-refractivity contribution in [1.82, 2.24) is 0 Å². The molecule has 4 aliphatic rings. The maximum Gasteiger partial charge on any atom is 0.0602 e. The Morgan fingerprint density at radius 3 is 2.26 bits per heavy atom. The third kappa shape index (κ3) is 3.92. The summed E-state index contributed by atoms with van der Waals surface area (Å²) in [6, 6.07) is 0. The molecule has 4 heteroatoms.